The Morgan fingerprint density at radius 3 is 2.76 bits per heavy atom. The van der Waals surface area contributed by atoms with Gasteiger partial charge >= 0.3 is 0 Å². The topological polar surface area (TPSA) is 30.9 Å². The van der Waals surface area contributed by atoms with Crippen LogP contribution in [0.2, 0.25) is 0 Å². The molecular weight excluding hydrogens is 437 g/mol. The molecular formula is C18H29F2IN4. The second-order valence-electron chi connectivity index (χ2n) is 6.40. The monoisotopic (exact) mass is 466 g/mol. The smallest absolute Gasteiger partial charge is 0.193 e. The molecule has 1 fully saturated rings. The maximum atomic E-state index is 13.4. The molecule has 142 valence electrons. The number of hydrogen-bond acceptors (Lipinski definition) is 2. The molecule has 1 aromatic rings. The minimum absolute atomic E-state index is 0. The minimum atomic E-state index is -0.796. The summed E-state index contributed by atoms with van der Waals surface area (Å²) < 4.78 is 26.4. The number of rotatable bonds is 6. The van der Waals surface area contributed by atoms with Gasteiger partial charge in [-0.1, -0.05) is 13.3 Å². The lowest BCUT2D eigenvalue weighted by molar-refractivity contribution is 0.454. The van der Waals surface area contributed by atoms with Crippen molar-refractivity contribution in [2.24, 2.45) is 10.9 Å². The fourth-order valence-electron chi connectivity index (χ4n) is 3.04. The van der Waals surface area contributed by atoms with Crippen molar-refractivity contribution in [2.75, 3.05) is 45.2 Å². The van der Waals surface area contributed by atoms with E-state index in [2.05, 4.69) is 27.0 Å². The fourth-order valence-corrected chi connectivity index (χ4v) is 3.04. The number of guanidine groups is 1. The third-order valence-electron chi connectivity index (χ3n) is 4.52. The van der Waals surface area contributed by atoms with Crippen molar-refractivity contribution in [3.8, 4) is 0 Å². The number of nitrogens with one attached hydrogen (secondary N) is 1. The first-order valence-corrected chi connectivity index (χ1v) is 8.67. The standard InChI is InChI=1S/C18H28F2N4.HI/c1-4-5-9-23(3)18(21-2)22-12-14-8-10-24(13-14)15-6-7-16(19)17(20)11-15;/h6-7,11,14H,4-5,8-10,12-13H2,1-3H3,(H,21,22);1H. The predicted octanol–water partition coefficient (Wildman–Crippen LogP) is 3.72. The van der Waals surface area contributed by atoms with Gasteiger partial charge in [0.15, 0.2) is 17.6 Å². The molecule has 0 aromatic heterocycles. The van der Waals surface area contributed by atoms with E-state index in [1.54, 1.807) is 13.1 Å². The highest BCUT2D eigenvalue weighted by Gasteiger charge is 2.23. The number of aliphatic imine (C=N–C) groups is 1. The molecule has 1 aromatic carbocycles. The maximum absolute atomic E-state index is 13.4. The first-order chi connectivity index (χ1) is 11.5. The average molecular weight is 466 g/mol. The number of anilines is 1. The van der Waals surface area contributed by atoms with Crippen LogP contribution in [-0.4, -0.2) is 51.1 Å². The van der Waals surface area contributed by atoms with Crippen LogP contribution in [0.1, 0.15) is 26.2 Å². The highest BCUT2D eigenvalue weighted by atomic mass is 127. The van der Waals surface area contributed by atoms with Crippen molar-refractivity contribution in [3.63, 3.8) is 0 Å². The molecule has 0 spiro atoms. The summed E-state index contributed by atoms with van der Waals surface area (Å²) in [6, 6.07) is 4.12. The van der Waals surface area contributed by atoms with Crippen LogP contribution in [0, 0.1) is 17.6 Å². The van der Waals surface area contributed by atoms with Crippen LogP contribution in [0.3, 0.4) is 0 Å². The second-order valence-corrected chi connectivity index (χ2v) is 6.40. The van der Waals surface area contributed by atoms with E-state index in [4.69, 9.17) is 0 Å². The first kappa shape index (κ1) is 21.9. The third kappa shape index (κ3) is 6.27. The molecule has 1 aliphatic heterocycles. The van der Waals surface area contributed by atoms with Crippen molar-refractivity contribution >= 4 is 35.6 Å². The Morgan fingerprint density at radius 2 is 2.12 bits per heavy atom. The zero-order chi connectivity index (χ0) is 17.5. The third-order valence-corrected chi connectivity index (χ3v) is 4.52. The quantitative estimate of drug-likeness (QED) is 0.394. The van der Waals surface area contributed by atoms with E-state index in [1.807, 2.05) is 7.05 Å². The molecule has 0 bridgehead atoms. The summed E-state index contributed by atoms with van der Waals surface area (Å²) in [7, 11) is 3.85. The molecule has 0 radical (unpaired) electrons. The molecule has 1 saturated heterocycles. The van der Waals surface area contributed by atoms with Gasteiger partial charge < -0.3 is 15.1 Å². The number of halogens is 3. The Bertz CT molecular complexity index is 568. The Balaban J connectivity index is 0.00000312. The van der Waals surface area contributed by atoms with Gasteiger partial charge in [-0.2, -0.15) is 0 Å². The predicted molar refractivity (Wildman–Crippen MR) is 111 cm³/mol. The molecule has 0 amide bonds. The highest BCUT2D eigenvalue weighted by Crippen LogP contribution is 2.25. The van der Waals surface area contributed by atoms with Crippen molar-refractivity contribution < 1.29 is 8.78 Å². The number of nitrogens with zero attached hydrogens (tertiary/aromatic N) is 3. The molecule has 1 atom stereocenters. The summed E-state index contributed by atoms with van der Waals surface area (Å²) in [5.74, 6) is -0.203. The Hall–Kier alpha value is -1.12. The van der Waals surface area contributed by atoms with Crippen LogP contribution in [0.25, 0.3) is 0 Å². The van der Waals surface area contributed by atoms with Crippen LogP contribution >= 0.6 is 24.0 Å². The largest absolute Gasteiger partial charge is 0.371 e. The van der Waals surface area contributed by atoms with Gasteiger partial charge in [-0.3, -0.25) is 4.99 Å². The van der Waals surface area contributed by atoms with E-state index >= 15 is 0 Å². The summed E-state index contributed by atoms with van der Waals surface area (Å²) >= 11 is 0. The molecule has 25 heavy (non-hydrogen) atoms. The van der Waals surface area contributed by atoms with Gasteiger partial charge in [0.2, 0.25) is 0 Å². The first-order valence-electron chi connectivity index (χ1n) is 8.67. The highest BCUT2D eigenvalue weighted by molar-refractivity contribution is 14.0. The number of hydrogen-bond donors (Lipinski definition) is 1. The van der Waals surface area contributed by atoms with Crippen molar-refractivity contribution in [2.45, 2.75) is 26.2 Å². The summed E-state index contributed by atoms with van der Waals surface area (Å²) in [6.45, 7) is 5.70. The maximum Gasteiger partial charge on any atom is 0.193 e. The lowest BCUT2D eigenvalue weighted by Gasteiger charge is -2.23. The lowest BCUT2D eigenvalue weighted by Crippen LogP contribution is -2.41. The Labute approximate surface area is 166 Å². The molecule has 1 N–H and O–H groups in total. The van der Waals surface area contributed by atoms with Gasteiger partial charge in [-0.25, -0.2) is 8.78 Å². The van der Waals surface area contributed by atoms with Crippen molar-refractivity contribution in [3.05, 3.63) is 29.8 Å². The summed E-state index contributed by atoms with van der Waals surface area (Å²) in [6.07, 6.45) is 3.33. The molecule has 1 heterocycles. The Kier molecular flexibility index (Phi) is 9.45. The van der Waals surface area contributed by atoms with Gasteiger partial charge in [-0.05, 0) is 30.9 Å². The van der Waals surface area contributed by atoms with Gasteiger partial charge in [0, 0.05) is 52.0 Å². The molecule has 0 saturated carbocycles. The molecule has 1 unspecified atom stereocenters. The van der Waals surface area contributed by atoms with E-state index in [0.29, 0.717) is 5.92 Å². The Morgan fingerprint density at radius 1 is 1.36 bits per heavy atom. The summed E-state index contributed by atoms with van der Waals surface area (Å²) in [4.78, 5) is 8.58. The fraction of sp³-hybridized carbons (Fsp3) is 0.611. The molecule has 4 nitrogen and oxygen atoms in total. The second kappa shape index (κ2) is 10.8. The average Bonchev–Trinajstić information content (AvgIpc) is 3.05. The van der Waals surface area contributed by atoms with E-state index in [1.165, 1.54) is 12.1 Å². The van der Waals surface area contributed by atoms with Crippen molar-refractivity contribution in [1.82, 2.24) is 10.2 Å². The van der Waals surface area contributed by atoms with Crippen LogP contribution in [-0.2, 0) is 0 Å². The zero-order valence-corrected chi connectivity index (χ0v) is 17.6. The normalized spacial score (nSPS) is 17.4. The van der Waals surface area contributed by atoms with E-state index in [-0.39, 0.29) is 24.0 Å². The molecule has 2 rings (SSSR count). The summed E-state index contributed by atoms with van der Waals surface area (Å²) in [5, 5.41) is 3.43. The van der Waals surface area contributed by atoms with Gasteiger partial charge in [-0.15, -0.1) is 24.0 Å². The van der Waals surface area contributed by atoms with E-state index in [9.17, 15) is 8.78 Å². The van der Waals surface area contributed by atoms with E-state index in [0.717, 1.165) is 57.1 Å². The van der Waals surface area contributed by atoms with Crippen LogP contribution in [0.5, 0.6) is 0 Å². The van der Waals surface area contributed by atoms with Gasteiger partial charge in [0.05, 0.1) is 0 Å². The number of unbranched alkanes of at least 4 members (excludes halogenated alkanes) is 1. The lowest BCUT2D eigenvalue weighted by atomic mass is 10.1. The van der Waals surface area contributed by atoms with E-state index < -0.39 is 11.6 Å². The van der Waals surface area contributed by atoms with Crippen molar-refractivity contribution in [1.29, 1.82) is 0 Å². The van der Waals surface area contributed by atoms with Crippen LogP contribution < -0.4 is 10.2 Å². The summed E-state index contributed by atoms with van der Waals surface area (Å²) in [5.41, 5.74) is 0.751. The van der Waals surface area contributed by atoms with Gasteiger partial charge in [0.1, 0.15) is 0 Å². The number of benzene rings is 1. The minimum Gasteiger partial charge on any atom is -0.371 e. The SMILES string of the molecule is CCCCN(C)C(=NC)NCC1CCN(c2ccc(F)c(F)c2)C1.I. The molecule has 7 heteroatoms. The molecule has 0 aliphatic carbocycles. The van der Waals surface area contributed by atoms with Gasteiger partial charge in [0.25, 0.3) is 0 Å². The van der Waals surface area contributed by atoms with Crippen LogP contribution in [0.4, 0.5) is 14.5 Å². The van der Waals surface area contributed by atoms with Crippen LogP contribution in [0.15, 0.2) is 23.2 Å². The zero-order valence-electron chi connectivity index (χ0n) is 15.3. The molecule has 1 aliphatic rings.